The van der Waals surface area contributed by atoms with Gasteiger partial charge in [0.1, 0.15) is 5.84 Å². The maximum atomic E-state index is 11.5. The number of carbonyl (C=O) groups excluding carboxylic acids is 1. The van der Waals surface area contributed by atoms with Crippen LogP contribution in [0, 0.1) is 6.92 Å². The standard InChI is InChI=1S/C19H18BrN3O/c1-4-18(24)22-16-10-9-13(3)17(12-16)19(21-5-2)23-15-8-6-7-14(20)11-15/h4-12H,1-2H2,3H3,(H,21,23)(H,22,24). The Morgan fingerprint density at radius 1 is 1.12 bits per heavy atom. The Bertz CT molecular complexity index is 812. The number of carbonyl (C=O) groups is 1. The van der Waals surface area contributed by atoms with E-state index in [2.05, 4.69) is 44.7 Å². The van der Waals surface area contributed by atoms with Crippen LogP contribution in [-0.4, -0.2) is 11.7 Å². The Morgan fingerprint density at radius 3 is 2.54 bits per heavy atom. The second kappa shape index (κ2) is 8.26. The first-order valence-corrected chi connectivity index (χ1v) is 8.08. The topological polar surface area (TPSA) is 53.5 Å². The zero-order chi connectivity index (χ0) is 17.5. The summed E-state index contributed by atoms with van der Waals surface area (Å²) in [4.78, 5) is 15.8. The van der Waals surface area contributed by atoms with Gasteiger partial charge in [-0.05, 0) is 48.9 Å². The zero-order valence-corrected chi connectivity index (χ0v) is 14.9. The van der Waals surface area contributed by atoms with Crippen LogP contribution >= 0.6 is 15.9 Å². The number of nitrogens with one attached hydrogen (secondary N) is 2. The van der Waals surface area contributed by atoms with Crippen molar-refractivity contribution in [2.75, 3.05) is 10.6 Å². The normalized spacial score (nSPS) is 10.8. The summed E-state index contributed by atoms with van der Waals surface area (Å²) in [5.41, 5.74) is 3.46. The molecule has 0 heterocycles. The molecule has 2 N–H and O–H groups in total. The van der Waals surface area contributed by atoms with Crippen LogP contribution < -0.4 is 10.6 Å². The minimum Gasteiger partial charge on any atom is -0.340 e. The minimum atomic E-state index is -0.257. The molecule has 0 bridgehead atoms. The molecule has 2 rings (SSSR count). The number of nitrogens with zero attached hydrogens (tertiary/aromatic N) is 1. The fraction of sp³-hybridized carbons (Fsp3) is 0.0526. The lowest BCUT2D eigenvalue weighted by Crippen LogP contribution is -2.16. The Labute approximate surface area is 150 Å². The molecule has 122 valence electrons. The predicted octanol–water partition coefficient (Wildman–Crippen LogP) is 4.88. The van der Waals surface area contributed by atoms with Gasteiger partial charge in [0.05, 0.1) is 0 Å². The lowest BCUT2D eigenvalue weighted by Gasteiger charge is -2.14. The van der Waals surface area contributed by atoms with Crippen LogP contribution in [0.25, 0.3) is 0 Å². The molecular weight excluding hydrogens is 366 g/mol. The molecule has 0 aliphatic carbocycles. The SMILES string of the molecule is C=CN=C(Nc1cccc(Br)c1)c1cc(NC(=O)C=C)ccc1C. The van der Waals surface area contributed by atoms with E-state index in [-0.39, 0.29) is 5.91 Å². The molecule has 5 heteroatoms. The number of amidine groups is 1. The maximum absolute atomic E-state index is 11.5. The molecule has 0 atom stereocenters. The van der Waals surface area contributed by atoms with Crippen LogP contribution in [0.5, 0.6) is 0 Å². The third-order valence-corrected chi connectivity index (χ3v) is 3.75. The van der Waals surface area contributed by atoms with E-state index in [1.165, 1.54) is 12.3 Å². The molecule has 4 nitrogen and oxygen atoms in total. The molecule has 0 fully saturated rings. The van der Waals surface area contributed by atoms with E-state index in [0.717, 1.165) is 21.3 Å². The van der Waals surface area contributed by atoms with Crippen molar-refractivity contribution in [3.05, 3.63) is 83.5 Å². The van der Waals surface area contributed by atoms with Gasteiger partial charge in [-0.25, -0.2) is 4.99 Å². The molecule has 2 aromatic carbocycles. The van der Waals surface area contributed by atoms with Crippen LogP contribution in [0.4, 0.5) is 11.4 Å². The van der Waals surface area contributed by atoms with E-state index < -0.39 is 0 Å². The number of hydrogen-bond donors (Lipinski definition) is 2. The van der Waals surface area contributed by atoms with Gasteiger partial charge in [-0.3, -0.25) is 4.79 Å². The fourth-order valence-electron chi connectivity index (χ4n) is 2.11. The van der Waals surface area contributed by atoms with E-state index in [1.807, 2.05) is 49.4 Å². The molecular formula is C19H18BrN3O. The summed E-state index contributed by atoms with van der Waals surface area (Å²) in [5, 5.41) is 6.04. The third-order valence-electron chi connectivity index (χ3n) is 3.25. The number of anilines is 2. The van der Waals surface area contributed by atoms with E-state index >= 15 is 0 Å². The lowest BCUT2D eigenvalue weighted by molar-refractivity contribution is -0.111. The zero-order valence-electron chi connectivity index (χ0n) is 13.3. The van der Waals surface area contributed by atoms with E-state index in [9.17, 15) is 4.79 Å². The Balaban J connectivity index is 2.38. The summed E-state index contributed by atoms with van der Waals surface area (Å²) in [5.74, 6) is 0.391. The van der Waals surface area contributed by atoms with Crippen molar-refractivity contribution in [1.29, 1.82) is 0 Å². The van der Waals surface area contributed by atoms with Gasteiger partial charge in [-0.2, -0.15) is 0 Å². The highest BCUT2D eigenvalue weighted by molar-refractivity contribution is 9.10. The van der Waals surface area contributed by atoms with E-state index in [4.69, 9.17) is 0 Å². The van der Waals surface area contributed by atoms with Crippen LogP contribution in [0.15, 0.2) is 77.4 Å². The molecule has 0 aromatic heterocycles. The number of aryl methyl sites for hydroxylation is 1. The Kier molecular flexibility index (Phi) is 6.09. The van der Waals surface area contributed by atoms with Gasteiger partial charge in [0.2, 0.25) is 5.91 Å². The van der Waals surface area contributed by atoms with Crippen molar-refractivity contribution >= 4 is 39.0 Å². The Morgan fingerprint density at radius 2 is 1.88 bits per heavy atom. The number of hydrogen-bond acceptors (Lipinski definition) is 2. The van der Waals surface area contributed by atoms with Crippen molar-refractivity contribution in [2.45, 2.75) is 6.92 Å². The summed E-state index contributed by atoms with van der Waals surface area (Å²) >= 11 is 3.45. The summed E-state index contributed by atoms with van der Waals surface area (Å²) in [6.45, 7) is 9.12. The van der Waals surface area contributed by atoms with Crippen LogP contribution in [0.1, 0.15) is 11.1 Å². The van der Waals surface area contributed by atoms with Gasteiger partial charge in [0.25, 0.3) is 0 Å². The molecule has 24 heavy (non-hydrogen) atoms. The third kappa shape index (κ3) is 4.67. The number of rotatable bonds is 5. The molecule has 2 aromatic rings. The number of halogens is 1. The van der Waals surface area contributed by atoms with Gasteiger partial charge in [-0.15, -0.1) is 0 Å². The molecule has 0 spiro atoms. The van der Waals surface area contributed by atoms with Crippen molar-refractivity contribution in [3.8, 4) is 0 Å². The van der Waals surface area contributed by atoms with E-state index in [0.29, 0.717) is 11.5 Å². The second-order valence-electron chi connectivity index (χ2n) is 5.02. The summed E-state index contributed by atoms with van der Waals surface area (Å²) < 4.78 is 0.967. The predicted molar refractivity (Wildman–Crippen MR) is 105 cm³/mol. The largest absolute Gasteiger partial charge is 0.340 e. The highest BCUT2D eigenvalue weighted by Gasteiger charge is 2.09. The van der Waals surface area contributed by atoms with Gasteiger partial charge >= 0.3 is 0 Å². The first kappa shape index (κ1) is 17.7. The minimum absolute atomic E-state index is 0.257. The van der Waals surface area contributed by atoms with Crippen molar-refractivity contribution in [3.63, 3.8) is 0 Å². The molecule has 0 radical (unpaired) electrons. The van der Waals surface area contributed by atoms with Crippen molar-refractivity contribution in [1.82, 2.24) is 0 Å². The average molecular weight is 384 g/mol. The van der Waals surface area contributed by atoms with Crippen LogP contribution in [0.2, 0.25) is 0 Å². The monoisotopic (exact) mass is 383 g/mol. The van der Waals surface area contributed by atoms with Gasteiger partial charge < -0.3 is 10.6 Å². The van der Waals surface area contributed by atoms with Gasteiger partial charge in [-0.1, -0.05) is 41.2 Å². The van der Waals surface area contributed by atoms with Gasteiger partial charge in [0.15, 0.2) is 0 Å². The summed E-state index contributed by atoms with van der Waals surface area (Å²) in [6, 6.07) is 13.4. The molecule has 0 aliphatic rings. The maximum Gasteiger partial charge on any atom is 0.247 e. The summed E-state index contributed by atoms with van der Waals surface area (Å²) in [6.07, 6.45) is 2.72. The van der Waals surface area contributed by atoms with Gasteiger partial charge in [0, 0.05) is 27.6 Å². The van der Waals surface area contributed by atoms with E-state index in [1.54, 1.807) is 0 Å². The second-order valence-corrected chi connectivity index (χ2v) is 5.93. The number of amides is 1. The molecule has 0 aliphatic heterocycles. The first-order valence-electron chi connectivity index (χ1n) is 7.29. The highest BCUT2D eigenvalue weighted by Crippen LogP contribution is 2.20. The molecule has 1 amide bonds. The lowest BCUT2D eigenvalue weighted by atomic mass is 10.1. The quantitative estimate of drug-likeness (QED) is 0.438. The smallest absolute Gasteiger partial charge is 0.247 e. The average Bonchev–Trinajstić information content (AvgIpc) is 2.56. The van der Waals surface area contributed by atoms with Crippen molar-refractivity contribution in [2.24, 2.45) is 4.99 Å². The molecule has 0 saturated heterocycles. The van der Waals surface area contributed by atoms with Crippen LogP contribution in [-0.2, 0) is 4.79 Å². The van der Waals surface area contributed by atoms with Crippen molar-refractivity contribution < 1.29 is 4.79 Å². The molecule has 0 saturated carbocycles. The Hall–Kier alpha value is -2.66. The number of benzene rings is 2. The fourth-order valence-corrected chi connectivity index (χ4v) is 2.51. The summed E-state index contributed by atoms with van der Waals surface area (Å²) in [7, 11) is 0. The number of aliphatic imine (C=N–C) groups is 1. The van der Waals surface area contributed by atoms with Crippen LogP contribution in [0.3, 0.4) is 0 Å². The molecule has 0 unspecified atom stereocenters. The first-order chi connectivity index (χ1) is 11.5. The highest BCUT2D eigenvalue weighted by atomic mass is 79.9.